The van der Waals surface area contributed by atoms with Crippen molar-refractivity contribution >= 4 is 28.3 Å². The van der Waals surface area contributed by atoms with Crippen molar-refractivity contribution < 1.29 is 4.79 Å². The first-order valence-electron chi connectivity index (χ1n) is 6.21. The van der Waals surface area contributed by atoms with E-state index in [1.807, 2.05) is 24.3 Å². The average molecular weight is 280 g/mol. The minimum absolute atomic E-state index is 0.243. The van der Waals surface area contributed by atoms with E-state index in [9.17, 15) is 4.79 Å². The highest BCUT2D eigenvalue weighted by atomic mass is 16.1. The van der Waals surface area contributed by atoms with Gasteiger partial charge in [-0.3, -0.25) is 15.6 Å². The van der Waals surface area contributed by atoms with Crippen LogP contribution in [0.4, 0.5) is 11.5 Å². The van der Waals surface area contributed by atoms with Gasteiger partial charge in [-0.05, 0) is 12.1 Å². The molecule has 0 spiro atoms. The molecule has 0 saturated heterocycles. The van der Waals surface area contributed by atoms with E-state index < -0.39 is 0 Å². The van der Waals surface area contributed by atoms with Gasteiger partial charge in [-0.25, -0.2) is 9.97 Å². The summed E-state index contributed by atoms with van der Waals surface area (Å²) in [4.78, 5) is 24.4. The number of nitrogens with one attached hydrogen (secondary N) is 2. The van der Waals surface area contributed by atoms with Gasteiger partial charge in [0.15, 0.2) is 5.82 Å². The summed E-state index contributed by atoms with van der Waals surface area (Å²) >= 11 is 0. The second kappa shape index (κ2) is 5.51. The van der Waals surface area contributed by atoms with Crippen molar-refractivity contribution in [2.75, 3.05) is 10.7 Å². The second-order valence-corrected chi connectivity index (χ2v) is 4.26. The van der Waals surface area contributed by atoms with Gasteiger partial charge in [0, 0.05) is 17.8 Å². The van der Waals surface area contributed by atoms with Gasteiger partial charge in [0.1, 0.15) is 5.69 Å². The molecule has 2 heterocycles. The first-order chi connectivity index (χ1) is 10.3. The smallest absolute Gasteiger partial charge is 0.275 e. The van der Waals surface area contributed by atoms with Gasteiger partial charge in [-0.1, -0.05) is 18.2 Å². The molecule has 0 atom stereocenters. The Balaban J connectivity index is 1.98. The zero-order valence-electron chi connectivity index (χ0n) is 10.9. The molecule has 0 bridgehead atoms. The predicted molar refractivity (Wildman–Crippen MR) is 79.5 cm³/mol. The number of hydrazine groups is 1. The summed E-state index contributed by atoms with van der Waals surface area (Å²) in [7, 11) is 0. The maximum Gasteiger partial charge on any atom is 0.275 e. The first kappa shape index (κ1) is 12.9. The number of amides is 1. The monoisotopic (exact) mass is 280 g/mol. The quantitative estimate of drug-likeness (QED) is 0.496. The number of nitrogens with zero attached hydrogens (tertiary/aromatic N) is 3. The Morgan fingerprint density at radius 1 is 1.19 bits per heavy atom. The zero-order valence-corrected chi connectivity index (χ0v) is 10.9. The van der Waals surface area contributed by atoms with Crippen LogP contribution >= 0.6 is 0 Å². The normalized spacial score (nSPS) is 10.3. The Hall–Kier alpha value is -3.06. The Kier molecular flexibility index (Phi) is 3.40. The van der Waals surface area contributed by atoms with Crippen LogP contribution < -0.4 is 16.6 Å². The summed E-state index contributed by atoms with van der Waals surface area (Å²) in [6.07, 6.45) is 4.48. The molecule has 1 amide bonds. The van der Waals surface area contributed by atoms with E-state index in [1.54, 1.807) is 6.07 Å². The number of nitrogen functional groups attached to an aromatic ring is 1. The molecule has 3 rings (SSSR count). The van der Waals surface area contributed by atoms with E-state index in [0.717, 1.165) is 5.39 Å². The number of hydrogen-bond donors (Lipinski definition) is 3. The van der Waals surface area contributed by atoms with Crippen LogP contribution in [0.5, 0.6) is 0 Å². The van der Waals surface area contributed by atoms with Crippen LogP contribution in [-0.4, -0.2) is 20.9 Å². The molecular formula is C14H12N6O. The SMILES string of the molecule is NNc1cc(C(=O)Nc2cnccn2)nc2ccccc12. The maximum absolute atomic E-state index is 12.2. The molecular weight excluding hydrogens is 268 g/mol. The Bertz CT molecular complexity index is 790. The van der Waals surface area contributed by atoms with E-state index in [-0.39, 0.29) is 11.6 Å². The van der Waals surface area contributed by atoms with Gasteiger partial charge in [0.05, 0.1) is 17.4 Å². The number of hydrogen-bond acceptors (Lipinski definition) is 6. The Morgan fingerprint density at radius 2 is 2.05 bits per heavy atom. The number of pyridine rings is 1. The third-order valence-electron chi connectivity index (χ3n) is 2.91. The Labute approximate surface area is 120 Å². The molecule has 1 aromatic carbocycles. The minimum Gasteiger partial charge on any atom is -0.323 e. The van der Waals surface area contributed by atoms with Crippen LogP contribution in [0.15, 0.2) is 48.9 Å². The van der Waals surface area contributed by atoms with Crippen LogP contribution in [0.2, 0.25) is 0 Å². The molecule has 4 N–H and O–H groups in total. The van der Waals surface area contributed by atoms with Crippen molar-refractivity contribution in [3.63, 3.8) is 0 Å². The number of carbonyl (C=O) groups is 1. The highest BCUT2D eigenvalue weighted by molar-refractivity contribution is 6.05. The summed E-state index contributed by atoms with van der Waals surface area (Å²) in [5.41, 5.74) is 4.13. The summed E-state index contributed by atoms with van der Waals surface area (Å²) in [5, 5.41) is 3.47. The third-order valence-corrected chi connectivity index (χ3v) is 2.91. The van der Waals surface area contributed by atoms with Crippen LogP contribution in [-0.2, 0) is 0 Å². The van der Waals surface area contributed by atoms with E-state index in [2.05, 4.69) is 25.7 Å². The van der Waals surface area contributed by atoms with Crippen molar-refractivity contribution in [3.8, 4) is 0 Å². The molecule has 0 aliphatic heterocycles. The highest BCUT2D eigenvalue weighted by Gasteiger charge is 2.12. The highest BCUT2D eigenvalue weighted by Crippen LogP contribution is 2.22. The minimum atomic E-state index is -0.377. The lowest BCUT2D eigenvalue weighted by Gasteiger charge is -2.09. The number of para-hydroxylation sites is 1. The molecule has 0 fully saturated rings. The molecule has 7 heteroatoms. The number of aromatic nitrogens is 3. The van der Waals surface area contributed by atoms with Gasteiger partial charge in [0.2, 0.25) is 0 Å². The van der Waals surface area contributed by atoms with Gasteiger partial charge in [-0.15, -0.1) is 0 Å². The standard InChI is InChI=1S/C14H12N6O/c15-20-11-7-12(18-10-4-2-1-3-9(10)11)14(21)19-13-8-16-5-6-17-13/h1-8H,15H2,(H,18,20)(H,17,19,21). The fourth-order valence-corrected chi connectivity index (χ4v) is 1.96. The lowest BCUT2D eigenvalue weighted by atomic mass is 10.1. The van der Waals surface area contributed by atoms with E-state index in [1.165, 1.54) is 18.6 Å². The van der Waals surface area contributed by atoms with Crippen LogP contribution in [0.3, 0.4) is 0 Å². The number of carbonyl (C=O) groups excluding carboxylic acids is 1. The predicted octanol–water partition coefficient (Wildman–Crippen LogP) is 1.56. The largest absolute Gasteiger partial charge is 0.323 e. The second-order valence-electron chi connectivity index (χ2n) is 4.26. The topological polar surface area (TPSA) is 106 Å². The van der Waals surface area contributed by atoms with Crippen molar-refractivity contribution in [1.82, 2.24) is 15.0 Å². The summed E-state index contributed by atoms with van der Waals surface area (Å²) in [6, 6.07) is 9.01. The molecule has 104 valence electrons. The van der Waals surface area contributed by atoms with Crippen LogP contribution in [0.25, 0.3) is 10.9 Å². The van der Waals surface area contributed by atoms with E-state index in [0.29, 0.717) is 17.0 Å². The maximum atomic E-state index is 12.2. The zero-order chi connectivity index (χ0) is 14.7. The molecule has 21 heavy (non-hydrogen) atoms. The summed E-state index contributed by atoms with van der Waals surface area (Å²) in [6.45, 7) is 0. The van der Waals surface area contributed by atoms with Crippen molar-refractivity contribution in [3.05, 3.63) is 54.6 Å². The van der Waals surface area contributed by atoms with E-state index >= 15 is 0 Å². The van der Waals surface area contributed by atoms with Crippen LogP contribution in [0, 0.1) is 0 Å². The first-order valence-corrected chi connectivity index (χ1v) is 6.21. The molecule has 2 aromatic heterocycles. The molecule has 0 unspecified atom stereocenters. The van der Waals surface area contributed by atoms with Gasteiger partial charge >= 0.3 is 0 Å². The number of benzene rings is 1. The van der Waals surface area contributed by atoms with Gasteiger partial charge in [0.25, 0.3) is 5.91 Å². The van der Waals surface area contributed by atoms with Crippen molar-refractivity contribution in [2.24, 2.45) is 5.84 Å². The summed E-state index contributed by atoms with van der Waals surface area (Å²) < 4.78 is 0. The Morgan fingerprint density at radius 3 is 2.81 bits per heavy atom. The van der Waals surface area contributed by atoms with Crippen molar-refractivity contribution in [1.29, 1.82) is 0 Å². The number of fused-ring (bicyclic) bond motifs is 1. The summed E-state index contributed by atoms with van der Waals surface area (Å²) in [5.74, 6) is 5.49. The molecule has 3 aromatic rings. The third kappa shape index (κ3) is 2.63. The fraction of sp³-hybridized carbons (Fsp3) is 0. The van der Waals surface area contributed by atoms with Crippen LogP contribution in [0.1, 0.15) is 10.5 Å². The number of nitrogens with two attached hydrogens (primary N) is 1. The molecule has 0 radical (unpaired) electrons. The number of anilines is 2. The molecule has 0 saturated carbocycles. The van der Waals surface area contributed by atoms with E-state index in [4.69, 9.17) is 5.84 Å². The number of rotatable bonds is 3. The fourth-order valence-electron chi connectivity index (χ4n) is 1.96. The molecule has 7 nitrogen and oxygen atoms in total. The molecule has 0 aliphatic carbocycles. The molecule has 0 aliphatic rings. The lowest BCUT2D eigenvalue weighted by molar-refractivity contribution is 0.102. The van der Waals surface area contributed by atoms with Crippen molar-refractivity contribution in [2.45, 2.75) is 0 Å². The lowest BCUT2D eigenvalue weighted by Crippen LogP contribution is -2.16. The van der Waals surface area contributed by atoms with Gasteiger partial charge < -0.3 is 10.7 Å². The average Bonchev–Trinajstić information content (AvgIpc) is 2.54. The van der Waals surface area contributed by atoms with Gasteiger partial charge in [-0.2, -0.15) is 0 Å².